The summed E-state index contributed by atoms with van der Waals surface area (Å²) in [5, 5.41) is 17.1. The molecule has 0 aliphatic rings. The molecule has 0 bridgehead atoms. The second kappa shape index (κ2) is 3.86. The van der Waals surface area contributed by atoms with Gasteiger partial charge in [0.15, 0.2) is 0 Å². The highest BCUT2D eigenvalue weighted by molar-refractivity contribution is 5.78. The number of hydrogen-bond acceptors (Lipinski definition) is 4. The maximum absolute atomic E-state index is 8.98. The minimum Gasteiger partial charge on any atom is -0.396 e. The van der Waals surface area contributed by atoms with E-state index in [-0.39, 0.29) is 0 Å². The zero-order valence-corrected chi connectivity index (χ0v) is 9.41. The minimum atomic E-state index is 0.413. The molecule has 1 aromatic heterocycles. The number of nitriles is 1. The molecule has 3 aromatic rings. The van der Waals surface area contributed by atoms with E-state index in [0.29, 0.717) is 16.9 Å². The zero-order chi connectivity index (χ0) is 12.5. The van der Waals surface area contributed by atoms with E-state index >= 15 is 0 Å². The van der Waals surface area contributed by atoms with Crippen molar-refractivity contribution < 1.29 is 0 Å². The number of aromatic nitrogens is 3. The Morgan fingerprint density at radius 2 is 1.94 bits per heavy atom. The van der Waals surface area contributed by atoms with E-state index in [0.717, 1.165) is 11.0 Å². The average molecular weight is 235 g/mol. The number of rotatable bonds is 1. The predicted molar refractivity (Wildman–Crippen MR) is 68.0 cm³/mol. The third kappa shape index (κ3) is 1.40. The van der Waals surface area contributed by atoms with Gasteiger partial charge in [0.1, 0.15) is 11.6 Å². The lowest BCUT2D eigenvalue weighted by Crippen LogP contribution is -2.03. The van der Waals surface area contributed by atoms with Gasteiger partial charge in [-0.25, -0.2) is 4.68 Å². The van der Waals surface area contributed by atoms with Crippen molar-refractivity contribution in [1.82, 2.24) is 15.0 Å². The lowest BCUT2D eigenvalue weighted by atomic mass is 10.1. The second-order valence-corrected chi connectivity index (χ2v) is 3.84. The smallest absolute Gasteiger partial charge is 0.113 e. The fourth-order valence-electron chi connectivity index (χ4n) is 1.88. The molecule has 0 radical (unpaired) electrons. The largest absolute Gasteiger partial charge is 0.396 e. The summed E-state index contributed by atoms with van der Waals surface area (Å²) in [6.07, 6.45) is 0. The summed E-state index contributed by atoms with van der Waals surface area (Å²) in [6, 6.07) is 14.9. The number of nitrogens with zero attached hydrogens (tertiary/aromatic N) is 4. The molecule has 3 rings (SSSR count). The van der Waals surface area contributed by atoms with Crippen molar-refractivity contribution in [3.63, 3.8) is 0 Å². The average Bonchev–Trinajstić information content (AvgIpc) is 2.83. The molecule has 0 unspecified atom stereocenters. The number of para-hydroxylation sites is 2. The summed E-state index contributed by atoms with van der Waals surface area (Å²) in [5.41, 5.74) is 9.14. The van der Waals surface area contributed by atoms with Crippen molar-refractivity contribution in [2.45, 2.75) is 0 Å². The zero-order valence-electron chi connectivity index (χ0n) is 9.41. The summed E-state index contributed by atoms with van der Waals surface area (Å²) in [4.78, 5) is 0. The number of nitrogen functional groups attached to an aromatic ring is 1. The number of anilines is 1. The molecule has 0 spiro atoms. The minimum absolute atomic E-state index is 0.413. The van der Waals surface area contributed by atoms with Gasteiger partial charge in [-0.2, -0.15) is 5.26 Å². The van der Waals surface area contributed by atoms with Crippen LogP contribution in [0.1, 0.15) is 5.56 Å². The van der Waals surface area contributed by atoms with Crippen LogP contribution in [0.15, 0.2) is 42.5 Å². The highest BCUT2D eigenvalue weighted by atomic mass is 15.4. The summed E-state index contributed by atoms with van der Waals surface area (Å²) in [7, 11) is 0. The Labute approximate surface area is 103 Å². The fraction of sp³-hybridized carbons (Fsp3) is 0. The monoisotopic (exact) mass is 235 g/mol. The Morgan fingerprint density at radius 1 is 1.11 bits per heavy atom. The van der Waals surface area contributed by atoms with E-state index in [2.05, 4.69) is 16.4 Å². The molecule has 0 aliphatic heterocycles. The summed E-state index contributed by atoms with van der Waals surface area (Å²) >= 11 is 0. The van der Waals surface area contributed by atoms with Gasteiger partial charge < -0.3 is 5.73 Å². The van der Waals surface area contributed by atoms with E-state index in [1.54, 1.807) is 16.8 Å². The number of nitrogens with two attached hydrogens (primary N) is 1. The molecule has 86 valence electrons. The van der Waals surface area contributed by atoms with E-state index < -0.39 is 0 Å². The Bertz CT molecular complexity index is 766. The van der Waals surface area contributed by atoms with Crippen LogP contribution in [0.25, 0.3) is 16.7 Å². The van der Waals surface area contributed by atoms with Crippen molar-refractivity contribution in [2.75, 3.05) is 5.73 Å². The van der Waals surface area contributed by atoms with E-state index in [1.807, 2.05) is 30.3 Å². The van der Waals surface area contributed by atoms with Crippen LogP contribution >= 0.6 is 0 Å². The molecule has 0 fully saturated rings. The fourth-order valence-corrected chi connectivity index (χ4v) is 1.88. The van der Waals surface area contributed by atoms with Crippen molar-refractivity contribution in [3.8, 4) is 11.8 Å². The van der Waals surface area contributed by atoms with Gasteiger partial charge in [0, 0.05) is 0 Å². The Hall–Kier alpha value is -2.87. The summed E-state index contributed by atoms with van der Waals surface area (Å²) < 4.78 is 1.64. The first-order chi connectivity index (χ1) is 8.81. The van der Waals surface area contributed by atoms with Crippen LogP contribution in [0.2, 0.25) is 0 Å². The molecule has 2 N–H and O–H groups in total. The number of fused-ring (bicyclic) bond motifs is 1. The summed E-state index contributed by atoms with van der Waals surface area (Å²) in [5.74, 6) is 0. The molecule has 1 heterocycles. The first-order valence-corrected chi connectivity index (χ1v) is 5.40. The van der Waals surface area contributed by atoms with Gasteiger partial charge in [-0.1, -0.05) is 23.4 Å². The van der Waals surface area contributed by atoms with Crippen LogP contribution in [-0.4, -0.2) is 15.0 Å². The maximum Gasteiger partial charge on any atom is 0.113 e. The van der Waals surface area contributed by atoms with E-state index in [1.165, 1.54) is 0 Å². The normalized spacial score (nSPS) is 10.4. The maximum atomic E-state index is 8.98. The standard InChI is InChI=1S/C13H9N5/c14-8-9-4-3-7-12(13(9)15)18-11-6-2-1-5-10(11)16-17-18/h1-7H,15H2. The molecular formula is C13H9N5. The lowest BCUT2D eigenvalue weighted by molar-refractivity contribution is 0.825. The van der Waals surface area contributed by atoms with Gasteiger partial charge in [0.2, 0.25) is 0 Å². The first-order valence-electron chi connectivity index (χ1n) is 5.40. The number of hydrogen-bond donors (Lipinski definition) is 1. The van der Waals surface area contributed by atoms with Crippen LogP contribution in [0.3, 0.4) is 0 Å². The molecule has 0 saturated heterocycles. The van der Waals surface area contributed by atoms with Gasteiger partial charge in [0.25, 0.3) is 0 Å². The Morgan fingerprint density at radius 3 is 2.78 bits per heavy atom. The Balaban J connectivity index is 2.31. The molecule has 2 aromatic carbocycles. The lowest BCUT2D eigenvalue weighted by Gasteiger charge is -2.06. The van der Waals surface area contributed by atoms with Crippen molar-refractivity contribution in [3.05, 3.63) is 48.0 Å². The van der Waals surface area contributed by atoms with Crippen LogP contribution in [0.4, 0.5) is 5.69 Å². The van der Waals surface area contributed by atoms with Crippen molar-refractivity contribution in [2.24, 2.45) is 0 Å². The van der Waals surface area contributed by atoms with Gasteiger partial charge in [-0.05, 0) is 24.3 Å². The highest BCUT2D eigenvalue weighted by Crippen LogP contribution is 2.23. The SMILES string of the molecule is N#Cc1cccc(-n2nnc3ccccc32)c1N. The quantitative estimate of drug-likeness (QED) is 0.653. The van der Waals surface area contributed by atoms with Crippen LogP contribution in [0, 0.1) is 11.3 Å². The van der Waals surface area contributed by atoms with Crippen LogP contribution < -0.4 is 5.73 Å². The summed E-state index contributed by atoms with van der Waals surface area (Å²) in [6.45, 7) is 0. The van der Waals surface area contributed by atoms with E-state index in [4.69, 9.17) is 11.0 Å². The third-order valence-corrected chi connectivity index (χ3v) is 2.78. The third-order valence-electron chi connectivity index (χ3n) is 2.78. The van der Waals surface area contributed by atoms with Gasteiger partial charge in [-0.15, -0.1) is 5.10 Å². The molecule has 0 amide bonds. The van der Waals surface area contributed by atoms with Crippen LogP contribution in [-0.2, 0) is 0 Å². The van der Waals surface area contributed by atoms with Gasteiger partial charge in [0.05, 0.1) is 22.5 Å². The first kappa shape index (κ1) is 10.3. The molecular weight excluding hydrogens is 226 g/mol. The molecule has 18 heavy (non-hydrogen) atoms. The topological polar surface area (TPSA) is 80.5 Å². The molecule has 0 saturated carbocycles. The van der Waals surface area contributed by atoms with Crippen molar-refractivity contribution in [1.29, 1.82) is 5.26 Å². The van der Waals surface area contributed by atoms with Gasteiger partial charge >= 0.3 is 0 Å². The van der Waals surface area contributed by atoms with E-state index in [9.17, 15) is 0 Å². The Kier molecular flexibility index (Phi) is 2.21. The number of benzene rings is 2. The molecule has 5 nitrogen and oxygen atoms in total. The molecule has 5 heteroatoms. The molecule has 0 aliphatic carbocycles. The van der Waals surface area contributed by atoms with Crippen LogP contribution in [0.5, 0.6) is 0 Å². The highest BCUT2D eigenvalue weighted by Gasteiger charge is 2.10. The van der Waals surface area contributed by atoms with Gasteiger partial charge in [-0.3, -0.25) is 0 Å². The van der Waals surface area contributed by atoms with Crippen molar-refractivity contribution >= 4 is 16.7 Å². The second-order valence-electron chi connectivity index (χ2n) is 3.84. The predicted octanol–water partition coefficient (Wildman–Crippen LogP) is 1.87. The molecule has 0 atom stereocenters.